The van der Waals surface area contributed by atoms with Crippen molar-refractivity contribution in [2.24, 2.45) is 0 Å². The standard InChI is InChI=1S/C22H24Cl3N3O4/c1-30-16-11-17(31-2)21(25)19(20(16)24)14-9-13-12-26-18(23)10-15(13)28(22(14)29)4-3-27-5-7-32-8-6-27/h9-12,22,29H,3-8H2,1-2H3. The second kappa shape index (κ2) is 10.0. The van der Waals surface area contributed by atoms with Crippen LogP contribution in [0.1, 0.15) is 11.1 Å². The van der Waals surface area contributed by atoms with E-state index in [4.69, 9.17) is 49.0 Å². The minimum Gasteiger partial charge on any atom is -0.495 e. The molecule has 1 aromatic heterocycles. The number of nitrogens with zero attached hydrogens (tertiary/aromatic N) is 3. The molecule has 1 fully saturated rings. The van der Waals surface area contributed by atoms with Gasteiger partial charge in [0.2, 0.25) is 0 Å². The van der Waals surface area contributed by atoms with Gasteiger partial charge in [0.1, 0.15) is 16.7 Å². The van der Waals surface area contributed by atoms with Gasteiger partial charge in [0.15, 0.2) is 6.23 Å². The van der Waals surface area contributed by atoms with Gasteiger partial charge in [-0.15, -0.1) is 0 Å². The monoisotopic (exact) mass is 499 g/mol. The minimum absolute atomic E-state index is 0.294. The normalized spacial score (nSPS) is 18.9. The van der Waals surface area contributed by atoms with E-state index in [1.165, 1.54) is 14.2 Å². The predicted molar refractivity (Wildman–Crippen MR) is 127 cm³/mol. The maximum Gasteiger partial charge on any atom is 0.154 e. The van der Waals surface area contributed by atoms with Gasteiger partial charge in [-0.2, -0.15) is 0 Å². The van der Waals surface area contributed by atoms with Crippen LogP contribution in [0, 0.1) is 0 Å². The van der Waals surface area contributed by atoms with Gasteiger partial charge in [-0.3, -0.25) is 4.90 Å². The number of pyridine rings is 1. The highest BCUT2D eigenvalue weighted by atomic mass is 35.5. The Hall–Kier alpha value is -1.74. The molecule has 7 nitrogen and oxygen atoms in total. The van der Waals surface area contributed by atoms with E-state index >= 15 is 0 Å². The van der Waals surface area contributed by atoms with Crippen LogP contribution in [-0.2, 0) is 4.74 Å². The first kappa shape index (κ1) is 23.4. The molecule has 10 heteroatoms. The van der Waals surface area contributed by atoms with E-state index in [1.807, 2.05) is 11.0 Å². The van der Waals surface area contributed by atoms with Crippen LogP contribution in [0.3, 0.4) is 0 Å². The number of methoxy groups -OCH3 is 2. The van der Waals surface area contributed by atoms with Crippen molar-refractivity contribution in [3.8, 4) is 11.5 Å². The molecule has 0 amide bonds. The molecule has 1 saturated heterocycles. The summed E-state index contributed by atoms with van der Waals surface area (Å²) in [7, 11) is 3.03. The highest BCUT2D eigenvalue weighted by Gasteiger charge is 2.32. The van der Waals surface area contributed by atoms with Crippen LogP contribution < -0.4 is 14.4 Å². The fraction of sp³-hybridized carbons (Fsp3) is 0.409. The molecule has 1 aromatic carbocycles. The number of rotatable bonds is 6. The summed E-state index contributed by atoms with van der Waals surface area (Å²) in [5.41, 5.74) is 2.56. The molecule has 3 heterocycles. The summed E-state index contributed by atoms with van der Waals surface area (Å²) in [6, 6.07) is 3.37. The average Bonchev–Trinajstić information content (AvgIpc) is 2.80. The lowest BCUT2D eigenvalue weighted by molar-refractivity contribution is 0.0383. The van der Waals surface area contributed by atoms with Gasteiger partial charge >= 0.3 is 0 Å². The molecule has 2 aromatic rings. The van der Waals surface area contributed by atoms with Crippen molar-refractivity contribution in [2.75, 3.05) is 58.5 Å². The molecule has 2 aliphatic heterocycles. The molecule has 172 valence electrons. The highest BCUT2D eigenvalue weighted by molar-refractivity contribution is 6.40. The fourth-order valence-electron chi connectivity index (χ4n) is 3.99. The molecule has 1 atom stereocenters. The number of ether oxygens (including phenoxy) is 3. The zero-order chi connectivity index (χ0) is 22.8. The molecule has 1 unspecified atom stereocenters. The van der Waals surface area contributed by atoms with Crippen molar-refractivity contribution in [1.82, 2.24) is 9.88 Å². The maximum atomic E-state index is 11.5. The zero-order valence-electron chi connectivity index (χ0n) is 17.8. The Labute approximate surface area is 202 Å². The maximum absolute atomic E-state index is 11.5. The van der Waals surface area contributed by atoms with Gasteiger partial charge in [-0.05, 0) is 12.1 Å². The van der Waals surface area contributed by atoms with Crippen LogP contribution in [-0.4, -0.2) is 74.8 Å². The third-order valence-electron chi connectivity index (χ3n) is 5.70. The smallest absolute Gasteiger partial charge is 0.154 e. The Balaban J connectivity index is 1.77. The summed E-state index contributed by atoms with van der Waals surface area (Å²) >= 11 is 19.5. The summed E-state index contributed by atoms with van der Waals surface area (Å²) in [5, 5.41) is 12.4. The van der Waals surface area contributed by atoms with Gasteiger partial charge in [0.25, 0.3) is 0 Å². The predicted octanol–water partition coefficient (Wildman–Crippen LogP) is 4.07. The van der Waals surface area contributed by atoms with Gasteiger partial charge in [0.05, 0.1) is 43.2 Å². The third kappa shape index (κ3) is 4.51. The third-order valence-corrected chi connectivity index (χ3v) is 6.65. The Morgan fingerprint density at radius 3 is 2.34 bits per heavy atom. The highest BCUT2D eigenvalue weighted by Crippen LogP contribution is 2.47. The number of aromatic nitrogens is 1. The van der Waals surface area contributed by atoms with Gasteiger partial charge in [-0.25, -0.2) is 4.98 Å². The van der Waals surface area contributed by atoms with Crippen LogP contribution >= 0.6 is 34.8 Å². The van der Waals surface area contributed by atoms with Crippen molar-refractivity contribution in [2.45, 2.75) is 6.23 Å². The molecular formula is C22H24Cl3N3O4. The van der Waals surface area contributed by atoms with Gasteiger partial charge in [0, 0.05) is 55.1 Å². The van der Waals surface area contributed by atoms with E-state index in [1.54, 1.807) is 18.3 Å². The largest absolute Gasteiger partial charge is 0.495 e. The van der Waals surface area contributed by atoms with Gasteiger partial charge in [-0.1, -0.05) is 34.8 Å². The molecular weight excluding hydrogens is 477 g/mol. The number of morpholine rings is 1. The van der Waals surface area contributed by atoms with Crippen LogP contribution in [0.25, 0.3) is 11.6 Å². The molecule has 32 heavy (non-hydrogen) atoms. The first-order valence-electron chi connectivity index (χ1n) is 10.2. The number of benzene rings is 1. The summed E-state index contributed by atoms with van der Waals surface area (Å²) in [4.78, 5) is 8.39. The summed E-state index contributed by atoms with van der Waals surface area (Å²) in [6.07, 6.45) is 2.47. The fourth-order valence-corrected chi connectivity index (χ4v) is 4.86. The van der Waals surface area contributed by atoms with Crippen molar-refractivity contribution in [3.05, 3.63) is 44.7 Å². The molecule has 0 saturated carbocycles. The van der Waals surface area contributed by atoms with Crippen molar-refractivity contribution >= 4 is 52.1 Å². The van der Waals surface area contributed by atoms with Crippen LogP contribution in [0.4, 0.5) is 5.69 Å². The van der Waals surface area contributed by atoms with Crippen LogP contribution in [0.2, 0.25) is 15.2 Å². The van der Waals surface area contributed by atoms with Crippen LogP contribution in [0.5, 0.6) is 11.5 Å². The first-order valence-corrected chi connectivity index (χ1v) is 11.3. The summed E-state index contributed by atoms with van der Waals surface area (Å²) in [5.74, 6) is 0.798. The Morgan fingerprint density at radius 1 is 1.06 bits per heavy atom. The second-order valence-corrected chi connectivity index (χ2v) is 8.61. The first-order chi connectivity index (χ1) is 15.4. The molecule has 4 rings (SSSR count). The second-order valence-electron chi connectivity index (χ2n) is 7.47. The molecule has 2 aliphatic rings. The van der Waals surface area contributed by atoms with E-state index < -0.39 is 6.23 Å². The lowest BCUT2D eigenvalue weighted by Gasteiger charge is -2.38. The molecule has 1 N–H and O–H groups in total. The number of fused-ring (bicyclic) bond motifs is 1. The van der Waals surface area contributed by atoms with Crippen molar-refractivity contribution in [1.29, 1.82) is 0 Å². The summed E-state index contributed by atoms with van der Waals surface area (Å²) < 4.78 is 16.3. The van der Waals surface area contributed by atoms with E-state index in [0.29, 0.717) is 57.6 Å². The Bertz CT molecular complexity index is 1000. The summed E-state index contributed by atoms with van der Waals surface area (Å²) in [6.45, 7) is 4.41. The van der Waals surface area contributed by atoms with E-state index in [9.17, 15) is 5.11 Å². The van der Waals surface area contributed by atoms with E-state index in [2.05, 4.69) is 9.88 Å². The molecule has 0 bridgehead atoms. The quantitative estimate of drug-likeness (QED) is 0.600. The average molecular weight is 501 g/mol. The molecule has 0 aliphatic carbocycles. The molecule has 0 radical (unpaired) electrons. The van der Waals surface area contributed by atoms with Crippen molar-refractivity contribution in [3.63, 3.8) is 0 Å². The number of aliphatic hydroxyl groups is 1. The van der Waals surface area contributed by atoms with E-state index in [-0.39, 0.29) is 0 Å². The topological polar surface area (TPSA) is 67.3 Å². The van der Waals surface area contributed by atoms with E-state index in [0.717, 1.165) is 30.9 Å². The van der Waals surface area contributed by atoms with Gasteiger partial charge < -0.3 is 24.2 Å². The Kier molecular flexibility index (Phi) is 7.34. The lowest BCUT2D eigenvalue weighted by atomic mass is 9.95. The lowest BCUT2D eigenvalue weighted by Crippen LogP contribution is -2.46. The Morgan fingerprint density at radius 2 is 1.72 bits per heavy atom. The number of halogens is 3. The molecule has 0 spiro atoms. The minimum atomic E-state index is -1.02. The van der Waals surface area contributed by atoms with Crippen LogP contribution in [0.15, 0.2) is 18.3 Å². The SMILES string of the molecule is COc1cc(OC)c(Cl)c(C2=Cc3cnc(Cl)cc3N(CCN3CCOCC3)C2O)c1Cl. The number of anilines is 1. The van der Waals surface area contributed by atoms with Crippen molar-refractivity contribution < 1.29 is 19.3 Å². The number of hydrogen-bond acceptors (Lipinski definition) is 7. The number of hydrogen-bond donors (Lipinski definition) is 1. The zero-order valence-corrected chi connectivity index (χ0v) is 20.0. The number of aliphatic hydroxyl groups excluding tert-OH is 1.